The summed E-state index contributed by atoms with van der Waals surface area (Å²) in [5, 5.41) is 2.80. The first-order valence-electron chi connectivity index (χ1n) is 6.05. The van der Waals surface area contributed by atoms with Gasteiger partial charge in [-0.1, -0.05) is 0 Å². The van der Waals surface area contributed by atoms with Crippen molar-refractivity contribution in [3.8, 4) is 0 Å². The number of carbonyl (C=O) groups is 2. The zero-order chi connectivity index (χ0) is 14.5. The molecule has 1 heterocycles. The Bertz CT molecular complexity index is 456. The highest BCUT2D eigenvalue weighted by Crippen LogP contribution is 2.03. The number of hydrogen-bond donors (Lipinski definition) is 1. The number of furan rings is 1. The van der Waals surface area contributed by atoms with Crippen molar-refractivity contribution in [2.75, 3.05) is 13.6 Å². The van der Waals surface area contributed by atoms with Gasteiger partial charge in [-0.25, -0.2) is 0 Å². The number of hydrogen-bond acceptors (Lipinski definition) is 3. The van der Waals surface area contributed by atoms with Gasteiger partial charge < -0.3 is 14.6 Å². The molecule has 0 aliphatic carbocycles. The summed E-state index contributed by atoms with van der Waals surface area (Å²) in [6, 6.07) is 3.49. The molecule has 1 N–H and O–H groups in total. The van der Waals surface area contributed by atoms with Gasteiger partial charge in [-0.05, 0) is 39.0 Å². The Morgan fingerprint density at radius 2 is 2.11 bits per heavy atom. The molecule has 0 unspecified atom stereocenters. The van der Waals surface area contributed by atoms with E-state index in [9.17, 15) is 9.59 Å². The van der Waals surface area contributed by atoms with E-state index in [1.165, 1.54) is 17.2 Å². The Kier molecular flexibility index (Phi) is 4.92. The van der Waals surface area contributed by atoms with Gasteiger partial charge in [0.25, 0.3) is 0 Å². The maximum absolute atomic E-state index is 11.8. The molecule has 0 saturated carbocycles. The van der Waals surface area contributed by atoms with Gasteiger partial charge >= 0.3 is 0 Å². The smallest absolute Gasteiger partial charge is 0.246 e. The molecule has 1 aromatic rings. The second-order valence-corrected chi connectivity index (χ2v) is 5.34. The zero-order valence-corrected chi connectivity index (χ0v) is 11.8. The molecule has 0 bridgehead atoms. The van der Waals surface area contributed by atoms with E-state index in [0.29, 0.717) is 5.76 Å². The minimum atomic E-state index is -0.301. The second kappa shape index (κ2) is 6.22. The molecule has 0 fully saturated rings. The van der Waals surface area contributed by atoms with Crippen molar-refractivity contribution in [2.45, 2.75) is 26.3 Å². The van der Waals surface area contributed by atoms with Gasteiger partial charge in [-0.3, -0.25) is 9.59 Å². The lowest BCUT2D eigenvalue weighted by Gasteiger charge is -2.22. The second-order valence-electron chi connectivity index (χ2n) is 5.34. The highest BCUT2D eigenvalue weighted by atomic mass is 16.3. The molecule has 0 aromatic carbocycles. The average molecular weight is 264 g/mol. The summed E-state index contributed by atoms with van der Waals surface area (Å²) >= 11 is 0. The van der Waals surface area contributed by atoms with E-state index in [1.807, 2.05) is 20.8 Å². The van der Waals surface area contributed by atoms with Crippen molar-refractivity contribution in [3.63, 3.8) is 0 Å². The van der Waals surface area contributed by atoms with Crippen molar-refractivity contribution in [2.24, 2.45) is 0 Å². The molecule has 0 aliphatic rings. The first-order chi connectivity index (χ1) is 8.78. The molecule has 2 amide bonds. The van der Waals surface area contributed by atoms with Gasteiger partial charge in [0.2, 0.25) is 11.8 Å². The van der Waals surface area contributed by atoms with Crippen molar-refractivity contribution < 1.29 is 14.0 Å². The fourth-order valence-electron chi connectivity index (χ4n) is 1.42. The summed E-state index contributed by atoms with van der Waals surface area (Å²) in [6.07, 6.45) is 4.48. The SMILES string of the molecule is CN(CC(=O)NC(C)(C)C)C(=O)/C=C/c1ccco1. The number of carbonyl (C=O) groups excluding carboxylic acids is 2. The summed E-state index contributed by atoms with van der Waals surface area (Å²) in [5.41, 5.74) is -0.301. The van der Waals surface area contributed by atoms with Gasteiger partial charge in [0.05, 0.1) is 12.8 Å². The van der Waals surface area contributed by atoms with Crippen LogP contribution in [0.1, 0.15) is 26.5 Å². The Morgan fingerprint density at radius 1 is 1.42 bits per heavy atom. The van der Waals surface area contributed by atoms with E-state index >= 15 is 0 Å². The molecule has 104 valence electrons. The summed E-state index contributed by atoms with van der Waals surface area (Å²) in [7, 11) is 1.58. The van der Waals surface area contributed by atoms with Gasteiger partial charge in [0.1, 0.15) is 5.76 Å². The lowest BCUT2D eigenvalue weighted by molar-refractivity contribution is -0.131. The monoisotopic (exact) mass is 264 g/mol. The number of rotatable bonds is 4. The third-order valence-corrected chi connectivity index (χ3v) is 2.20. The summed E-state index contributed by atoms with van der Waals surface area (Å²) < 4.78 is 5.07. The molecule has 0 spiro atoms. The van der Waals surface area contributed by atoms with Gasteiger partial charge in [-0.15, -0.1) is 0 Å². The minimum Gasteiger partial charge on any atom is -0.465 e. The third kappa shape index (κ3) is 5.90. The average Bonchev–Trinajstić information content (AvgIpc) is 2.75. The Balaban J connectivity index is 2.47. The third-order valence-electron chi connectivity index (χ3n) is 2.20. The number of nitrogens with one attached hydrogen (secondary N) is 1. The zero-order valence-electron chi connectivity index (χ0n) is 11.8. The lowest BCUT2D eigenvalue weighted by Crippen LogP contribution is -2.46. The molecule has 19 heavy (non-hydrogen) atoms. The van der Waals surface area contributed by atoms with E-state index < -0.39 is 0 Å². The van der Waals surface area contributed by atoms with E-state index in [2.05, 4.69) is 5.32 Å². The van der Waals surface area contributed by atoms with Crippen LogP contribution in [0.25, 0.3) is 6.08 Å². The van der Waals surface area contributed by atoms with Gasteiger partial charge in [0, 0.05) is 18.7 Å². The van der Waals surface area contributed by atoms with E-state index in [0.717, 1.165) is 0 Å². The maximum atomic E-state index is 11.8. The quantitative estimate of drug-likeness (QED) is 0.841. The Hall–Kier alpha value is -2.04. The molecular formula is C14H20N2O3. The molecule has 5 nitrogen and oxygen atoms in total. The predicted molar refractivity (Wildman–Crippen MR) is 73.3 cm³/mol. The van der Waals surface area contributed by atoms with Crippen LogP contribution in [0.2, 0.25) is 0 Å². The number of nitrogens with zero attached hydrogens (tertiary/aromatic N) is 1. The summed E-state index contributed by atoms with van der Waals surface area (Å²) in [5.74, 6) is 0.163. The first kappa shape index (κ1) is 15.0. The van der Waals surface area contributed by atoms with Crippen molar-refractivity contribution in [1.82, 2.24) is 10.2 Å². The maximum Gasteiger partial charge on any atom is 0.246 e. The Labute approximate surface area is 113 Å². The van der Waals surface area contributed by atoms with Crippen molar-refractivity contribution in [1.29, 1.82) is 0 Å². The molecule has 1 aromatic heterocycles. The largest absolute Gasteiger partial charge is 0.465 e. The lowest BCUT2D eigenvalue weighted by atomic mass is 10.1. The molecule has 0 radical (unpaired) electrons. The van der Waals surface area contributed by atoms with Crippen LogP contribution in [-0.4, -0.2) is 35.8 Å². The van der Waals surface area contributed by atoms with Crippen LogP contribution in [0.4, 0.5) is 0 Å². The van der Waals surface area contributed by atoms with E-state index in [-0.39, 0.29) is 23.9 Å². The molecule has 1 rings (SSSR count). The Morgan fingerprint density at radius 3 is 2.63 bits per heavy atom. The highest BCUT2D eigenvalue weighted by Gasteiger charge is 2.16. The molecular weight excluding hydrogens is 244 g/mol. The summed E-state index contributed by atoms with van der Waals surface area (Å²) in [4.78, 5) is 24.8. The van der Waals surface area contributed by atoms with Gasteiger partial charge in [-0.2, -0.15) is 0 Å². The van der Waals surface area contributed by atoms with Crippen LogP contribution in [0.3, 0.4) is 0 Å². The van der Waals surface area contributed by atoms with E-state index in [4.69, 9.17) is 4.42 Å². The molecule has 0 atom stereocenters. The molecule has 5 heteroatoms. The summed E-state index contributed by atoms with van der Waals surface area (Å²) in [6.45, 7) is 5.70. The van der Waals surface area contributed by atoms with Crippen LogP contribution < -0.4 is 5.32 Å². The van der Waals surface area contributed by atoms with Crippen LogP contribution >= 0.6 is 0 Å². The molecule has 0 aliphatic heterocycles. The number of amides is 2. The standard InChI is InChI=1S/C14H20N2O3/c1-14(2,3)15-12(17)10-16(4)13(18)8-7-11-6-5-9-19-11/h5-9H,10H2,1-4H3,(H,15,17)/b8-7+. The van der Waals surface area contributed by atoms with Crippen molar-refractivity contribution in [3.05, 3.63) is 30.2 Å². The van der Waals surface area contributed by atoms with Gasteiger partial charge in [0.15, 0.2) is 0 Å². The topological polar surface area (TPSA) is 62.6 Å². The van der Waals surface area contributed by atoms with Crippen LogP contribution in [0.15, 0.2) is 28.9 Å². The van der Waals surface area contributed by atoms with Crippen LogP contribution in [0, 0.1) is 0 Å². The van der Waals surface area contributed by atoms with Crippen LogP contribution in [0.5, 0.6) is 0 Å². The fraction of sp³-hybridized carbons (Fsp3) is 0.429. The normalized spacial score (nSPS) is 11.6. The van der Waals surface area contributed by atoms with Crippen molar-refractivity contribution >= 4 is 17.9 Å². The highest BCUT2D eigenvalue weighted by molar-refractivity contribution is 5.94. The van der Waals surface area contributed by atoms with Crippen LogP contribution in [-0.2, 0) is 9.59 Å². The first-order valence-corrected chi connectivity index (χ1v) is 6.05. The molecule has 0 saturated heterocycles. The minimum absolute atomic E-state index is 0.0264. The fourth-order valence-corrected chi connectivity index (χ4v) is 1.42. The number of likely N-dealkylation sites (N-methyl/N-ethyl adjacent to an activating group) is 1. The predicted octanol–water partition coefficient (Wildman–Crippen LogP) is 1.67. The van der Waals surface area contributed by atoms with E-state index in [1.54, 1.807) is 25.3 Å².